The van der Waals surface area contributed by atoms with Gasteiger partial charge in [0.15, 0.2) is 0 Å². The third-order valence-corrected chi connectivity index (χ3v) is 15.3. The van der Waals surface area contributed by atoms with E-state index in [0.29, 0.717) is 5.92 Å². The van der Waals surface area contributed by atoms with Gasteiger partial charge in [0.2, 0.25) is 0 Å². The maximum absolute atomic E-state index is 4.10. The van der Waals surface area contributed by atoms with Gasteiger partial charge in [-0.15, -0.1) is 0 Å². The van der Waals surface area contributed by atoms with E-state index in [9.17, 15) is 0 Å². The Morgan fingerprint density at radius 1 is 0.508 bits per heavy atom. The van der Waals surface area contributed by atoms with Crippen molar-refractivity contribution in [3.63, 3.8) is 0 Å². The molecule has 65 heavy (non-hydrogen) atoms. The van der Waals surface area contributed by atoms with E-state index in [1.807, 2.05) is 6.08 Å². The molecule has 7 rings (SSSR count). The lowest BCUT2D eigenvalue weighted by Gasteiger charge is -2.34. The SMILES string of the molecule is C=CC1=CCCC=C1CC(C)(C)CCCC(C)(C)Cc1ccc(C2(c3ccc(CC(C)(C)CCCC(C)(C)Cc4ccccc4C=C)cc3)CC(c3ccccc3)c3ccccc32)cc1. The standard InChI is InChI=1S/C65H80/c1-11-51-24-16-18-28-54(51)46-63(7,8)42-22-40-61(3,4)44-49-32-36-56(37-33-49)65(48-59(53-26-14-13-15-27-53)58-30-20-21-31-60(58)65)57-38-34-50(35-39-57)45-62(5,6)41-23-43-64(9,10)47-55-29-19-17-25-52(55)12-2/h11-16,18,20-21,24-39,59H,1-2,17,19,22-23,40-48H2,3-10H3. The van der Waals surface area contributed by atoms with Crippen LogP contribution in [0.4, 0.5) is 0 Å². The Labute approximate surface area is 396 Å². The van der Waals surface area contributed by atoms with Crippen LogP contribution in [0.15, 0.2) is 170 Å². The van der Waals surface area contributed by atoms with Crippen molar-refractivity contribution in [2.45, 2.75) is 150 Å². The third-order valence-electron chi connectivity index (χ3n) is 15.3. The van der Waals surface area contributed by atoms with Gasteiger partial charge >= 0.3 is 0 Å². The maximum atomic E-state index is 4.10. The van der Waals surface area contributed by atoms with Crippen molar-refractivity contribution in [2.75, 3.05) is 0 Å². The van der Waals surface area contributed by atoms with Crippen molar-refractivity contribution in [1.29, 1.82) is 0 Å². The zero-order valence-electron chi connectivity index (χ0n) is 41.6. The van der Waals surface area contributed by atoms with E-state index in [4.69, 9.17) is 0 Å². The minimum atomic E-state index is -0.241. The molecule has 0 fully saturated rings. The van der Waals surface area contributed by atoms with Crippen molar-refractivity contribution in [3.8, 4) is 0 Å². The molecule has 2 unspecified atom stereocenters. The predicted octanol–water partition coefficient (Wildman–Crippen LogP) is 18.2. The van der Waals surface area contributed by atoms with Crippen LogP contribution in [-0.2, 0) is 24.7 Å². The Kier molecular flexibility index (Phi) is 15.0. The summed E-state index contributed by atoms with van der Waals surface area (Å²) in [6, 6.07) is 49.0. The second-order valence-electron chi connectivity index (χ2n) is 23.2. The Morgan fingerprint density at radius 2 is 1.00 bits per heavy atom. The largest absolute Gasteiger partial charge is 0.0985 e. The minimum Gasteiger partial charge on any atom is -0.0985 e. The van der Waals surface area contributed by atoms with Gasteiger partial charge in [-0.2, -0.15) is 0 Å². The number of benzene rings is 5. The van der Waals surface area contributed by atoms with Crippen LogP contribution in [0.3, 0.4) is 0 Å². The van der Waals surface area contributed by atoms with Crippen LogP contribution in [-0.4, -0.2) is 0 Å². The summed E-state index contributed by atoms with van der Waals surface area (Å²) < 4.78 is 0. The molecular formula is C65H80. The molecule has 2 aliphatic rings. The molecule has 0 radical (unpaired) electrons. The summed E-state index contributed by atoms with van der Waals surface area (Å²) in [6.45, 7) is 27.8. The highest BCUT2D eigenvalue weighted by Crippen LogP contribution is 2.56. The van der Waals surface area contributed by atoms with Crippen molar-refractivity contribution in [2.24, 2.45) is 21.7 Å². The number of rotatable bonds is 21. The highest BCUT2D eigenvalue weighted by atomic mass is 14.5. The van der Waals surface area contributed by atoms with Gasteiger partial charge < -0.3 is 0 Å². The highest BCUT2D eigenvalue weighted by molar-refractivity contribution is 5.60. The Balaban J connectivity index is 1.07. The molecule has 0 bridgehead atoms. The summed E-state index contributed by atoms with van der Waals surface area (Å²) >= 11 is 0. The molecule has 2 atom stereocenters. The van der Waals surface area contributed by atoms with Gasteiger partial charge in [-0.05, 0) is 154 Å². The number of fused-ring (bicyclic) bond motifs is 1. The zero-order valence-corrected chi connectivity index (χ0v) is 41.6. The van der Waals surface area contributed by atoms with Crippen molar-refractivity contribution in [1.82, 2.24) is 0 Å². The molecule has 2 aliphatic carbocycles. The Bertz CT molecular complexity index is 2430. The fourth-order valence-corrected chi connectivity index (χ4v) is 11.8. The summed E-state index contributed by atoms with van der Waals surface area (Å²) in [6.07, 6.45) is 24.0. The van der Waals surface area contributed by atoms with Gasteiger partial charge in [0.1, 0.15) is 0 Å². The molecule has 0 spiro atoms. The second-order valence-corrected chi connectivity index (χ2v) is 23.2. The molecule has 0 aromatic heterocycles. The topological polar surface area (TPSA) is 0 Å². The fraction of sp³-hybridized carbons (Fsp3) is 0.415. The quantitative estimate of drug-likeness (QED) is 0.0690. The predicted molar refractivity (Wildman–Crippen MR) is 283 cm³/mol. The zero-order chi connectivity index (χ0) is 46.3. The van der Waals surface area contributed by atoms with Crippen molar-refractivity contribution >= 4 is 6.08 Å². The van der Waals surface area contributed by atoms with Crippen LogP contribution < -0.4 is 0 Å². The van der Waals surface area contributed by atoms with E-state index < -0.39 is 0 Å². The molecule has 0 aliphatic heterocycles. The summed E-state index contributed by atoms with van der Waals surface area (Å²) in [7, 11) is 0. The van der Waals surface area contributed by atoms with E-state index in [1.165, 1.54) is 99.7 Å². The highest BCUT2D eigenvalue weighted by Gasteiger charge is 2.46. The lowest BCUT2D eigenvalue weighted by Crippen LogP contribution is -2.27. The molecule has 5 aromatic carbocycles. The van der Waals surface area contributed by atoms with Gasteiger partial charge in [0, 0.05) is 11.3 Å². The molecule has 0 saturated heterocycles. The summed E-state index contributed by atoms with van der Waals surface area (Å²) in [4.78, 5) is 0. The van der Waals surface area contributed by atoms with Crippen LogP contribution >= 0.6 is 0 Å². The smallest absolute Gasteiger partial charge is 0.0463 e. The molecule has 0 N–H and O–H groups in total. The maximum Gasteiger partial charge on any atom is 0.0463 e. The van der Waals surface area contributed by atoms with Gasteiger partial charge in [0.05, 0.1) is 0 Å². The third kappa shape index (κ3) is 11.9. The monoisotopic (exact) mass is 861 g/mol. The first-order valence-corrected chi connectivity index (χ1v) is 25.1. The van der Waals surface area contributed by atoms with Gasteiger partial charge in [-0.1, -0.05) is 233 Å². The molecule has 0 nitrogen and oxygen atoms in total. The number of allylic oxidation sites excluding steroid dienone is 5. The van der Waals surface area contributed by atoms with Crippen LogP contribution in [0.1, 0.15) is 176 Å². The summed E-state index contributed by atoms with van der Waals surface area (Å²) in [5.41, 5.74) is 16.3. The van der Waals surface area contributed by atoms with Gasteiger partial charge in [-0.3, -0.25) is 0 Å². The van der Waals surface area contributed by atoms with Crippen LogP contribution in [0, 0.1) is 21.7 Å². The Hall–Kier alpha value is -4.94. The average molecular weight is 861 g/mol. The number of hydrogen-bond acceptors (Lipinski definition) is 0. The van der Waals surface area contributed by atoms with Crippen molar-refractivity contribution < 1.29 is 0 Å². The van der Waals surface area contributed by atoms with E-state index in [0.717, 1.165) is 44.9 Å². The van der Waals surface area contributed by atoms with E-state index in [2.05, 4.69) is 214 Å². The lowest BCUT2D eigenvalue weighted by atomic mass is 9.69. The average Bonchev–Trinajstić information content (AvgIpc) is 3.63. The first-order chi connectivity index (χ1) is 31.0. The van der Waals surface area contributed by atoms with E-state index in [-0.39, 0.29) is 27.1 Å². The fourth-order valence-electron chi connectivity index (χ4n) is 11.8. The molecule has 5 aromatic rings. The first-order valence-electron chi connectivity index (χ1n) is 25.1. The van der Waals surface area contributed by atoms with Crippen molar-refractivity contribution in [3.05, 3.63) is 220 Å². The Morgan fingerprint density at radius 3 is 1.57 bits per heavy atom. The molecule has 0 amide bonds. The lowest BCUT2D eigenvalue weighted by molar-refractivity contribution is 0.264. The second kappa shape index (κ2) is 20.3. The van der Waals surface area contributed by atoms with Crippen LogP contribution in [0.2, 0.25) is 0 Å². The molecule has 0 heterocycles. The molecular weight excluding hydrogens is 781 g/mol. The van der Waals surface area contributed by atoms with E-state index in [1.54, 1.807) is 0 Å². The number of hydrogen-bond donors (Lipinski definition) is 0. The summed E-state index contributed by atoms with van der Waals surface area (Å²) in [5.74, 6) is 0.331. The molecule has 0 saturated carbocycles. The van der Waals surface area contributed by atoms with Crippen LogP contribution in [0.5, 0.6) is 0 Å². The molecule has 0 heteroatoms. The first kappa shape index (κ1) is 48.0. The normalized spacial score (nSPS) is 17.9. The van der Waals surface area contributed by atoms with Gasteiger partial charge in [0.25, 0.3) is 0 Å². The minimum absolute atomic E-state index is 0.215. The van der Waals surface area contributed by atoms with E-state index >= 15 is 0 Å². The van der Waals surface area contributed by atoms with Gasteiger partial charge in [-0.25, -0.2) is 0 Å². The molecule has 340 valence electrons. The van der Waals surface area contributed by atoms with Crippen LogP contribution in [0.25, 0.3) is 6.08 Å². The summed E-state index contributed by atoms with van der Waals surface area (Å²) in [5, 5.41) is 0.